The number of hydrogen-bond donors (Lipinski definition) is 2. The molecule has 2 aliphatic rings. The van der Waals surface area contributed by atoms with Crippen LogP contribution in [0.1, 0.15) is 76.3 Å². The van der Waals surface area contributed by atoms with Crippen LogP contribution in [0.15, 0.2) is 34.4 Å². The normalized spacial score (nSPS) is 14.8. The highest BCUT2D eigenvalue weighted by Gasteiger charge is 2.26. The van der Waals surface area contributed by atoms with Crippen molar-refractivity contribution in [1.29, 1.82) is 0 Å². The van der Waals surface area contributed by atoms with Gasteiger partial charge in [0, 0.05) is 36.3 Å². The van der Waals surface area contributed by atoms with Gasteiger partial charge < -0.3 is 15.7 Å². The number of phenols is 1. The van der Waals surface area contributed by atoms with Crippen LogP contribution in [0.4, 0.5) is 5.69 Å². The molecule has 0 radical (unpaired) electrons. The first-order chi connectivity index (χ1) is 15.3. The first-order valence-electron chi connectivity index (χ1n) is 11.6. The first-order valence-corrected chi connectivity index (χ1v) is 12.4. The van der Waals surface area contributed by atoms with E-state index in [2.05, 4.69) is 35.8 Å². The Morgan fingerprint density at radius 3 is 2.28 bits per heavy atom. The summed E-state index contributed by atoms with van der Waals surface area (Å²) in [7, 11) is 0. The Morgan fingerprint density at radius 2 is 1.69 bits per heavy atom. The van der Waals surface area contributed by atoms with Gasteiger partial charge in [0.1, 0.15) is 5.75 Å². The van der Waals surface area contributed by atoms with Crippen LogP contribution in [-0.2, 0) is 17.6 Å². The lowest BCUT2D eigenvalue weighted by Gasteiger charge is -2.29. The van der Waals surface area contributed by atoms with E-state index < -0.39 is 0 Å². The van der Waals surface area contributed by atoms with Crippen LogP contribution in [0, 0.1) is 0 Å². The van der Waals surface area contributed by atoms with E-state index in [1.807, 2.05) is 31.0 Å². The Bertz CT molecular complexity index is 975. The summed E-state index contributed by atoms with van der Waals surface area (Å²) in [5, 5.41) is 10.1. The number of anilines is 1. The van der Waals surface area contributed by atoms with Gasteiger partial charge in [-0.2, -0.15) is 0 Å². The molecule has 0 spiro atoms. The molecule has 0 saturated carbocycles. The maximum atomic E-state index is 11.7. The number of fused-ring (bicyclic) bond motifs is 2. The zero-order chi connectivity index (χ0) is 23.8. The standard InChI is InChI=1S/C21H22BrN3O2.C3H8.C2H6/c1-12(26)25-6-4-13(5-7-25)20-17-10-18(23)19(27)9-14(17)2-3-15-8-16(22)11-24-21(15)20;1-3-2;1-2/h8-11,27H,2-7,23H2,1H3;3H2,1-2H3;1-2H3. The molecule has 1 aliphatic carbocycles. The molecule has 174 valence electrons. The van der Waals surface area contributed by atoms with Gasteiger partial charge in [-0.25, -0.2) is 0 Å². The lowest BCUT2D eigenvalue weighted by Crippen LogP contribution is -2.34. The number of halogens is 1. The second-order valence-electron chi connectivity index (χ2n) is 7.92. The van der Waals surface area contributed by atoms with Gasteiger partial charge in [0.05, 0.1) is 11.4 Å². The Morgan fingerprint density at radius 1 is 1.09 bits per heavy atom. The number of likely N-dealkylation sites (tertiary alicyclic amines) is 1. The smallest absolute Gasteiger partial charge is 0.219 e. The van der Waals surface area contributed by atoms with Gasteiger partial charge in [-0.15, -0.1) is 0 Å². The Labute approximate surface area is 200 Å². The van der Waals surface area contributed by atoms with E-state index in [0.717, 1.165) is 65.6 Å². The molecule has 1 aromatic heterocycles. The maximum Gasteiger partial charge on any atom is 0.219 e. The van der Waals surface area contributed by atoms with E-state index in [1.165, 1.54) is 17.6 Å². The number of rotatable bonds is 0. The molecule has 2 aromatic rings. The minimum absolute atomic E-state index is 0.122. The van der Waals surface area contributed by atoms with E-state index in [9.17, 15) is 9.90 Å². The Balaban J connectivity index is 0.000000671. The van der Waals surface area contributed by atoms with E-state index in [0.29, 0.717) is 5.69 Å². The highest BCUT2D eigenvalue weighted by molar-refractivity contribution is 9.10. The van der Waals surface area contributed by atoms with E-state index in [1.54, 1.807) is 13.0 Å². The number of piperidine rings is 1. The number of phenolic OH excluding ortho intramolecular Hbond substituents is 1. The molecule has 3 N–H and O–H groups in total. The van der Waals surface area contributed by atoms with Crippen molar-refractivity contribution in [3.8, 4) is 5.75 Å². The number of nitrogens with two attached hydrogens (primary N) is 1. The Kier molecular flexibility index (Phi) is 9.76. The van der Waals surface area contributed by atoms with E-state index in [4.69, 9.17) is 10.7 Å². The number of benzene rings is 1. The van der Waals surface area contributed by atoms with E-state index in [-0.39, 0.29) is 11.7 Å². The fraction of sp³-hybridized carbons (Fsp3) is 0.462. The quantitative estimate of drug-likeness (QED) is 0.336. The summed E-state index contributed by atoms with van der Waals surface area (Å²) in [6.07, 6.45) is 6.41. The van der Waals surface area contributed by atoms with Crippen molar-refractivity contribution < 1.29 is 9.90 Å². The van der Waals surface area contributed by atoms with Crippen molar-refractivity contribution in [1.82, 2.24) is 9.88 Å². The molecule has 2 heterocycles. The van der Waals surface area contributed by atoms with Crippen molar-refractivity contribution in [2.75, 3.05) is 18.8 Å². The van der Waals surface area contributed by atoms with Gasteiger partial charge in [0.2, 0.25) is 5.91 Å². The Hall–Kier alpha value is -2.34. The SMILES string of the molecule is CC.CC(=O)N1CCC(=C2c3cc(N)c(O)cc3CCc3cc(Br)cnc32)CC1.CCC. The van der Waals surface area contributed by atoms with Gasteiger partial charge in [-0.05, 0) is 76.5 Å². The molecule has 0 atom stereocenters. The van der Waals surface area contributed by atoms with E-state index >= 15 is 0 Å². The molecule has 1 aromatic carbocycles. The van der Waals surface area contributed by atoms with Crippen LogP contribution >= 0.6 is 15.9 Å². The molecule has 1 fully saturated rings. The zero-order valence-corrected chi connectivity index (χ0v) is 21.6. The number of nitrogens with zero attached hydrogens (tertiary/aromatic N) is 2. The molecule has 6 heteroatoms. The number of aromatic nitrogens is 1. The molecule has 1 amide bonds. The third-order valence-electron chi connectivity index (χ3n) is 5.52. The van der Waals surface area contributed by atoms with Crippen molar-refractivity contribution in [2.45, 2.75) is 66.7 Å². The minimum atomic E-state index is 0.122. The topological polar surface area (TPSA) is 79.5 Å². The minimum Gasteiger partial charge on any atom is -0.506 e. The van der Waals surface area contributed by atoms with Crippen LogP contribution in [0.3, 0.4) is 0 Å². The largest absolute Gasteiger partial charge is 0.506 e. The van der Waals surface area contributed by atoms with Crippen LogP contribution < -0.4 is 5.73 Å². The van der Waals surface area contributed by atoms with Gasteiger partial charge in [-0.3, -0.25) is 9.78 Å². The number of carbonyl (C=O) groups excluding carboxylic acids is 1. The third-order valence-corrected chi connectivity index (χ3v) is 5.96. The lowest BCUT2D eigenvalue weighted by molar-refractivity contribution is -0.129. The second-order valence-corrected chi connectivity index (χ2v) is 8.84. The summed E-state index contributed by atoms with van der Waals surface area (Å²) in [5.74, 6) is 0.251. The molecule has 32 heavy (non-hydrogen) atoms. The summed E-state index contributed by atoms with van der Waals surface area (Å²) < 4.78 is 0.963. The fourth-order valence-electron chi connectivity index (χ4n) is 4.08. The highest BCUT2D eigenvalue weighted by Crippen LogP contribution is 2.40. The molecular formula is C26H36BrN3O2. The zero-order valence-electron chi connectivity index (χ0n) is 20.0. The number of nitrogen functional groups attached to an aromatic ring is 1. The number of amides is 1. The predicted molar refractivity (Wildman–Crippen MR) is 137 cm³/mol. The number of carbonyl (C=O) groups is 1. The average Bonchev–Trinajstić information content (AvgIpc) is 2.92. The van der Waals surface area contributed by atoms with Crippen molar-refractivity contribution in [2.24, 2.45) is 0 Å². The van der Waals surface area contributed by atoms with Gasteiger partial charge in [-0.1, -0.05) is 39.7 Å². The molecule has 1 aliphatic heterocycles. The molecule has 4 rings (SSSR count). The summed E-state index contributed by atoms with van der Waals surface area (Å²) in [5.41, 5.74) is 13.2. The number of hydrogen-bond acceptors (Lipinski definition) is 4. The molecule has 0 unspecified atom stereocenters. The molecule has 1 saturated heterocycles. The maximum absolute atomic E-state index is 11.7. The fourth-order valence-corrected chi connectivity index (χ4v) is 4.46. The van der Waals surface area contributed by atoms with Crippen molar-refractivity contribution in [3.63, 3.8) is 0 Å². The summed E-state index contributed by atoms with van der Waals surface area (Å²) in [6, 6.07) is 5.79. The van der Waals surface area contributed by atoms with Gasteiger partial charge in [0.25, 0.3) is 0 Å². The summed E-state index contributed by atoms with van der Waals surface area (Å²) >= 11 is 3.53. The van der Waals surface area contributed by atoms with Crippen LogP contribution in [0.5, 0.6) is 5.75 Å². The first kappa shape index (κ1) is 25.9. The van der Waals surface area contributed by atoms with Gasteiger partial charge >= 0.3 is 0 Å². The summed E-state index contributed by atoms with van der Waals surface area (Å²) in [4.78, 5) is 18.3. The van der Waals surface area contributed by atoms with Crippen molar-refractivity contribution >= 4 is 33.1 Å². The number of aromatic hydroxyl groups is 1. The van der Waals surface area contributed by atoms with Crippen LogP contribution in [-0.4, -0.2) is 34.0 Å². The molecule has 5 nitrogen and oxygen atoms in total. The van der Waals surface area contributed by atoms with Crippen molar-refractivity contribution in [3.05, 3.63) is 56.8 Å². The molecule has 0 bridgehead atoms. The number of aryl methyl sites for hydroxylation is 2. The highest BCUT2D eigenvalue weighted by atomic mass is 79.9. The average molecular weight is 502 g/mol. The predicted octanol–water partition coefficient (Wildman–Crippen LogP) is 6.12. The lowest BCUT2D eigenvalue weighted by atomic mass is 9.88. The van der Waals surface area contributed by atoms with Crippen LogP contribution in [0.2, 0.25) is 0 Å². The summed E-state index contributed by atoms with van der Waals surface area (Å²) in [6.45, 7) is 11.3. The van der Waals surface area contributed by atoms with Crippen LogP contribution in [0.25, 0.3) is 5.57 Å². The van der Waals surface area contributed by atoms with Gasteiger partial charge in [0.15, 0.2) is 0 Å². The third kappa shape index (κ3) is 5.91. The molecular weight excluding hydrogens is 466 g/mol. The number of pyridine rings is 1. The monoisotopic (exact) mass is 501 g/mol. The second kappa shape index (κ2) is 12.0.